The van der Waals surface area contributed by atoms with Gasteiger partial charge >= 0.3 is 0 Å². The number of ether oxygens (including phenoxy) is 1. The second-order valence-corrected chi connectivity index (χ2v) is 5.82. The van der Waals surface area contributed by atoms with Crippen molar-refractivity contribution < 1.29 is 9.53 Å². The van der Waals surface area contributed by atoms with E-state index in [4.69, 9.17) is 10.5 Å². The molecule has 1 saturated heterocycles. The van der Waals surface area contributed by atoms with Gasteiger partial charge in [-0.25, -0.2) is 0 Å². The maximum absolute atomic E-state index is 11.2. The van der Waals surface area contributed by atoms with E-state index >= 15 is 0 Å². The third kappa shape index (κ3) is 4.05. The normalized spacial score (nSPS) is 22.9. The van der Waals surface area contributed by atoms with E-state index in [1.807, 2.05) is 18.2 Å². The predicted octanol–water partition coefficient (Wildman–Crippen LogP) is 2.08. The molecule has 1 fully saturated rings. The quantitative estimate of drug-likeness (QED) is 0.865. The zero-order valence-electron chi connectivity index (χ0n) is 12.3. The maximum Gasteiger partial charge on any atom is 0.248 e. The molecule has 0 aliphatic carbocycles. The smallest absolute Gasteiger partial charge is 0.248 e. The van der Waals surface area contributed by atoms with Crippen LogP contribution in [0.4, 0.5) is 0 Å². The van der Waals surface area contributed by atoms with Gasteiger partial charge in [0.15, 0.2) is 0 Å². The van der Waals surface area contributed by atoms with Crippen LogP contribution in [-0.2, 0) is 11.3 Å². The van der Waals surface area contributed by atoms with E-state index in [-0.39, 0.29) is 5.91 Å². The molecule has 4 heteroatoms. The summed E-state index contributed by atoms with van der Waals surface area (Å²) in [7, 11) is 0. The number of carbonyl (C=O) groups excluding carboxylic acids is 1. The number of nitrogens with one attached hydrogen (secondary N) is 1. The second kappa shape index (κ2) is 6.86. The Bertz CT molecular complexity index is 460. The number of primary amides is 1. The lowest BCUT2D eigenvalue weighted by Crippen LogP contribution is -2.40. The van der Waals surface area contributed by atoms with Crippen LogP contribution in [0.3, 0.4) is 0 Å². The summed E-state index contributed by atoms with van der Waals surface area (Å²) in [5.41, 5.74) is 6.95. The molecule has 1 aromatic rings. The lowest BCUT2D eigenvalue weighted by Gasteiger charge is -2.32. The van der Waals surface area contributed by atoms with Crippen LogP contribution in [0, 0.1) is 5.92 Å². The zero-order valence-corrected chi connectivity index (χ0v) is 12.3. The van der Waals surface area contributed by atoms with Crippen LogP contribution in [0.5, 0.6) is 0 Å². The molecule has 0 bridgehead atoms. The Kier molecular flexibility index (Phi) is 5.15. The third-order valence-corrected chi connectivity index (χ3v) is 3.86. The molecule has 3 N–H and O–H groups in total. The fraction of sp³-hybridized carbons (Fsp3) is 0.562. The molecule has 110 valence electrons. The number of amides is 1. The molecular weight excluding hydrogens is 252 g/mol. The van der Waals surface area contributed by atoms with Gasteiger partial charge in [0.25, 0.3) is 0 Å². The van der Waals surface area contributed by atoms with Gasteiger partial charge in [-0.15, -0.1) is 0 Å². The molecule has 1 aliphatic heterocycles. The first-order valence-electron chi connectivity index (χ1n) is 7.30. The molecule has 2 atom stereocenters. The van der Waals surface area contributed by atoms with Gasteiger partial charge in [0.1, 0.15) is 0 Å². The Morgan fingerprint density at radius 1 is 1.50 bits per heavy atom. The Morgan fingerprint density at radius 3 is 3.00 bits per heavy atom. The van der Waals surface area contributed by atoms with E-state index in [9.17, 15) is 4.79 Å². The van der Waals surface area contributed by atoms with E-state index in [1.54, 1.807) is 6.07 Å². The molecule has 0 spiro atoms. The molecule has 0 radical (unpaired) electrons. The maximum atomic E-state index is 11.2. The first-order valence-corrected chi connectivity index (χ1v) is 7.30. The summed E-state index contributed by atoms with van der Waals surface area (Å²) in [6, 6.07) is 7.97. The summed E-state index contributed by atoms with van der Waals surface area (Å²) in [5.74, 6) is 0.176. The summed E-state index contributed by atoms with van der Waals surface area (Å²) in [5, 5.41) is 3.56. The monoisotopic (exact) mass is 276 g/mol. The standard InChI is InChI=1S/C16H24N2O2/c1-11(2)15-9-14(6-7-20-15)18-10-12-4-3-5-13(8-12)16(17)19/h3-5,8,11,14-15,18H,6-7,9-10H2,1-2H3,(H2,17,19). The van der Waals surface area contributed by atoms with Crippen LogP contribution >= 0.6 is 0 Å². The first-order chi connectivity index (χ1) is 9.56. The van der Waals surface area contributed by atoms with E-state index in [0.717, 1.165) is 31.6 Å². The highest BCUT2D eigenvalue weighted by atomic mass is 16.5. The number of nitrogens with two attached hydrogens (primary N) is 1. The van der Waals surface area contributed by atoms with Crippen LogP contribution in [0.15, 0.2) is 24.3 Å². The van der Waals surface area contributed by atoms with Crippen molar-refractivity contribution >= 4 is 5.91 Å². The Labute approximate surface area is 120 Å². The molecular formula is C16H24N2O2. The molecule has 20 heavy (non-hydrogen) atoms. The highest BCUT2D eigenvalue weighted by Crippen LogP contribution is 2.20. The summed E-state index contributed by atoms with van der Waals surface area (Å²) < 4.78 is 5.77. The number of hydrogen-bond donors (Lipinski definition) is 2. The highest BCUT2D eigenvalue weighted by Gasteiger charge is 2.24. The lowest BCUT2D eigenvalue weighted by molar-refractivity contribution is -0.0245. The Morgan fingerprint density at radius 2 is 2.30 bits per heavy atom. The summed E-state index contributed by atoms with van der Waals surface area (Å²) in [6.07, 6.45) is 2.43. The minimum atomic E-state index is -0.377. The predicted molar refractivity (Wildman–Crippen MR) is 79.4 cm³/mol. The number of carbonyl (C=O) groups is 1. The average Bonchev–Trinajstić information content (AvgIpc) is 2.45. The SMILES string of the molecule is CC(C)C1CC(NCc2cccc(C(N)=O)c2)CCO1. The van der Waals surface area contributed by atoms with Crippen molar-refractivity contribution in [1.29, 1.82) is 0 Å². The van der Waals surface area contributed by atoms with Crippen LogP contribution in [0.2, 0.25) is 0 Å². The Balaban J connectivity index is 1.88. The molecule has 0 aromatic heterocycles. The summed E-state index contributed by atoms with van der Waals surface area (Å²) >= 11 is 0. The number of hydrogen-bond acceptors (Lipinski definition) is 3. The van der Waals surface area contributed by atoms with Crippen molar-refractivity contribution in [2.24, 2.45) is 11.7 Å². The van der Waals surface area contributed by atoms with Crippen molar-refractivity contribution in [3.05, 3.63) is 35.4 Å². The van der Waals surface area contributed by atoms with Gasteiger partial charge in [-0.2, -0.15) is 0 Å². The summed E-state index contributed by atoms with van der Waals surface area (Å²) in [6.45, 7) is 5.98. The number of benzene rings is 1. The molecule has 0 saturated carbocycles. The molecule has 2 unspecified atom stereocenters. The van der Waals surface area contributed by atoms with Gasteiger partial charge in [0.2, 0.25) is 5.91 Å². The van der Waals surface area contributed by atoms with Crippen LogP contribution in [0.25, 0.3) is 0 Å². The van der Waals surface area contributed by atoms with E-state index < -0.39 is 0 Å². The largest absolute Gasteiger partial charge is 0.378 e. The van der Waals surface area contributed by atoms with Gasteiger partial charge in [0.05, 0.1) is 6.10 Å². The molecule has 1 heterocycles. The van der Waals surface area contributed by atoms with Crippen molar-refractivity contribution in [3.8, 4) is 0 Å². The van der Waals surface area contributed by atoms with Crippen molar-refractivity contribution in [2.75, 3.05) is 6.61 Å². The average molecular weight is 276 g/mol. The van der Waals surface area contributed by atoms with Crippen LogP contribution in [-0.4, -0.2) is 24.7 Å². The van der Waals surface area contributed by atoms with Crippen molar-refractivity contribution in [2.45, 2.75) is 45.4 Å². The molecule has 1 amide bonds. The van der Waals surface area contributed by atoms with Crippen molar-refractivity contribution in [3.63, 3.8) is 0 Å². The lowest BCUT2D eigenvalue weighted by atomic mass is 9.95. The Hall–Kier alpha value is -1.39. The van der Waals surface area contributed by atoms with Crippen LogP contribution in [0.1, 0.15) is 42.6 Å². The zero-order chi connectivity index (χ0) is 14.5. The van der Waals surface area contributed by atoms with Crippen molar-refractivity contribution in [1.82, 2.24) is 5.32 Å². The number of rotatable bonds is 5. The fourth-order valence-electron chi connectivity index (χ4n) is 2.57. The highest BCUT2D eigenvalue weighted by molar-refractivity contribution is 5.92. The molecule has 1 aliphatic rings. The second-order valence-electron chi connectivity index (χ2n) is 5.82. The molecule has 4 nitrogen and oxygen atoms in total. The van der Waals surface area contributed by atoms with E-state index in [2.05, 4.69) is 19.2 Å². The summed E-state index contributed by atoms with van der Waals surface area (Å²) in [4.78, 5) is 11.2. The van der Waals surface area contributed by atoms with Gasteiger partial charge in [-0.3, -0.25) is 4.79 Å². The topological polar surface area (TPSA) is 64.3 Å². The molecule has 1 aromatic carbocycles. The van der Waals surface area contributed by atoms with Gasteiger partial charge in [-0.05, 0) is 36.5 Å². The minimum absolute atomic E-state index is 0.346. The van der Waals surface area contributed by atoms with Gasteiger partial charge in [-0.1, -0.05) is 26.0 Å². The van der Waals surface area contributed by atoms with Gasteiger partial charge in [0, 0.05) is 24.8 Å². The third-order valence-electron chi connectivity index (χ3n) is 3.86. The minimum Gasteiger partial charge on any atom is -0.378 e. The van der Waals surface area contributed by atoms with Gasteiger partial charge < -0.3 is 15.8 Å². The van der Waals surface area contributed by atoms with Crippen LogP contribution < -0.4 is 11.1 Å². The first kappa shape index (κ1) is 15.0. The van der Waals surface area contributed by atoms with E-state index in [0.29, 0.717) is 23.6 Å². The fourth-order valence-corrected chi connectivity index (χ4v) is 2.57. The van der Waals surface area contributed by atoms with E-state index in [1.165, 1.54) is 0 Å². The molecule has 2 rings (SSSR count).